The lowest BCUT2D eigenvalue weighted by Crippen LogP contribution is -2.66. The van der Waals surface area contributed by atoms with Crippen LogP contribution in [0.5, 0.6) is 0 Å². The number of hydrogen-bond acceptors (Lipinski definition) is 3. The number of halogens is 2. The van der Waals surface area contributed by atoms with Gasteiger partial charge in [0, 0.05) is 23.2 Å². The molecule has 0 radical (unpaired) electrons. The third kappa shape index (κ3) is 2.03. The summed E-state index contributed by atoms with van der Waals surface area (Å²) in [7, 11) is 0. The first-order valence-electron chi connectivity index (χ1n) is 10.2. The molecule has 3 nitrogen and oxygen atoms in total. The lowest BCUT2D eigenvalue weighted by atomic mass is 9.44. The van der Waals surface area contributed by atoms with Crippen LogP contribution in [0, 0.1) is 34.0 Å². The van der Waals surface area contributed by atoms with E-state index < -0.39 is 33.6 Å². The first-order valence-corrected chi connectivity index (χ1v) is 10.8. The number of fused-ring (bicyclic) bond motifs is 5. The van der Waals surface area contributed by atoms with Gasteiger partial charge in [-0.05, 0) is 55.6 Å². The van der Waals surface area contributed by atoms with E-state index in [4.69, 9.17) is 11.6 Å². The lowest BCUT2D eigenvalue weighted by Gasteiger charge is -2.60. The third-order valence-corrected chi connectivity index (χ3v) is 9.52. The second-order valence-electron chi connectivity index (χ2n) is 9.98. The highest BCUT2D eigenvalue weighted by Crippen LogP contribution is 2.72. The molecule has 3 fully saturated rings. The number of hydrogen-bond donors (Lipinski definition) is 0. The van der Waals surface area contributed by atoms with E-state index in [-0.39, 0.29) is 35.7 Å². The van der Waals surface area contributed by atoms with Crippen molar-refractivity contribution in [1.82, 2.24) is 0 Å². The maximum atomic E-state index is 16.9. The monoisotopic (exact) mass is 406 g/mol. The van der Waals surface area contributed by atoms with Crippen LogP contribution in [0.3, 0.4) is 0 Å². The SMILES string of the molecule is C[C@@H]1C[C@H]2[C@@H]3CCC4=CC(=O)C=C[C@]4(C)[C@@]3(F)C(=O)C[C@]2(C)[C@@]1(C)C(=O)CCl. The van der Waals surface area contributed by atoms with E-state index >= 15 is 4.39 Å². The smallest absolute Gasteiger partial charge is 0.184 e. The van der Waals surface area contributed by atoms with Crippen molar-refractivity contribution in [3.05, 3.63) is 23.8 Å². The second kappa shape index (κ2) is 5.87. The predicted octanol–water partition coefficient (Wildman–Crippen LogP) is 4.63. The summed E-state index contributed by atoms with van der Waals surface area (Å²) in [5.74, 6) is -1.17. The van der Waals surface area contributed by atoms with Crippen LogP contribution < -0.4 is 0 Å². The van der Waals surface area contributed by atoms with Crippen LogP contribution in [0.1, 0.15) is 53.4 Å². The predicted molar refractivity (Wildman–Crippen MR) is 106 cm³/mol. The standard InChI is InChI=1S/C23H28ClFO3/c1-13-9-17-16-6-5-14-10-15(26)7-8-20(14,2)23(16,25)18(27)11-21(17,3)22(13,4)19(28)12-24/h7-8,10,13,16-17H,5-6,9,11-12H2,1-4H3/t13-,16+,17+,20+,21+,22-,23+/m1/s1. The van der Waals surface area contributed by atoms with Gasteiger partial charge in [0.25, 0.3) is 0 Å². The van der Waals surface area contributed by atoms with Crippen molar-refractivity contribution in [1.29, 1.82) is 0 Å². The van der Waals surface area contributed by atoms with Gasteiger partial charge in [-0.15, -0.1) is 11.6 Å². The van der Waals surface area contributed by atoms with E-state index in [2.05, 4.69) is 0 Å². The van der Waals surface area contributed by atoms with Crippen LogP contribution in [0.25, 0.3) is 0 Å². The molecule has 0 spiro atoms. The molecule has 0 amide bonds. The molecule has 0 heterocycles. The van der Waals surface area contributed by atoms with E-state index in [1.165, 1.54) is 12.2 Å². The fourth-order valence-electron chi connectivity index (χ4n) is 7.22. The van der Waals surface area contributed by atoms with Crippen molar-refractivity contribution in [3.8, 4) is 0 Å². The quantitative estimate of drug-likeness (QED) is 0.628. The van der Waals surface area contributed by atoms with Crippen LogP contribution in [0.4, 0.5) is 4.39 Å². The van der Waals surface area contributed by atoms with Crippen LogP contribution in [0.2, 0.25) is 0 Å². The van der Waals surface area contributed by atoms with Crippen LogP contribution >= 0.6 is 11.6 Å². The van der Waals surface area contributed by atoms with Gasteiger partial charge in [-0.1, -0.05) is 32.4 Å². The Bertz CT molecular complexity index is 847. The molecule has 7 atom stereocenters. The van der Waals surface area contributed by atoms with Crippen molar-refractivity contribution in [3.63, 3.8) is 0 Å². The van der Waals surface area contributed by atoms with Crippen molar-refractivity contribution in [2.24, 2.45) is 34.0 Å². The Morgan fingerprint density at radius 3 is 2.57 bits per heavy atom. The van der Waals surface area contributed by atoms with Gasteiger partial charge < -0.3 is 0 Å². The molecule has 0 aromatic heterocycles. The van der Waals surface area contributed by atoms with E-state index in [0.717, 1.165) is 12.0 Å². The van der Waals surface area contributed by atoms with Crippen LogP contribution in [0.15, 0.2) is 23.8 Å². The van der Waals surface area contributed by atoms with Gasteiger partial charge in [0.1, 0.15) is 0 Å². The molecule has 0 N–H and O–H groups in total. The first kappa shape index (κ1) is 20.0. The summed E-state index contributed by atoms with van der Waals surface area (Å²) in [6.45, 7) is 7.72. The normalized spacial score (nSPS) is 49.9. The summed E-state index contributed by atoms with van der Waals surface area (Å²) in [5.41, 5.74) is -3.72. The molecule has 0 aromatic rings. The van der Waals surface area contributed by atoms with Gasteiger partial charge in [-0.2, -0.15) is 0 Å². The molecule has 152 valence electrons. The molecule has 4 rings (SSSR count). The highest BCUT2D eigenvalue weighted by molar-refractivity contribution is 6.28. The zero-order valence-corrected chi connectivity index (χ0v) is 17.7. The Balaban J connectivity index is 1.85. The Kier molecular flexibility index (Phi) is 4.19. The summed E-state index contributed by atoms with van der Waals surface area (Å²) in [5, 5.41) is 0. The number of allylic oxidation sites excluding steroid dienone is 4. The zero-order chi connectivity index (χ0) is 20.7. The Morgan fingerprint density at radius 1 is 1.25 bits per heavy atom. The van der Waals surface area contributed by atoms with Crippen molar-refractivity contribution in [2.75, 3.05) is 5.88 Å². The van der Waals surface area contributed by atoms with E-state index in [0.29, 0.717) is 12.8 Å². The first-order chi connectivity index (χ1) is 13.0. The van der Waals surface area contributed by atoms with Gasteiger partial charge in [0.05, 0.1) is 5.88 Å². The fourth-order valence-corrected chi connectivity index (χ4v) is 7.50. The van der Waals surface area contributed by atoms with E-state index in [1.54, 1.807) is 13.0 Å². The van der Waals surface area contributed by atoms with Crippen LogP contribution in [-0.2, 0) is 14.4 Å². The summed E-state index contributed by atoms with van der Waals surface area (Å²) >= 11 is 5.95. The molecule has 5 heteroatoms. The number of rotatable bonds is 2. The molecular formula is C23H28ClFO3. The summed E-state index contributed by atoms with van der Waals surface area (Å²) in [4.78, 5) is 38.2. The number of carbonyl (C=O) groups excluding carboxylic acids is 3. The summed E-state index contributed by atoms with van der Waals surface area (Å²) in [6, 6.07) is 0. The molecular weight excluding hydrogens is 379 g/mol. The maximum absolute atomic E-state index is 16.9. The van der Waals surface area contributed by atoms with Crippen LogP contribution in [-0.4, -0.2) is 28.9 Å². The molecule has 28 heavy (non-hydrogen) atoms. The summed E-state index contributed by atoms with van der Waals surface area (Å²) in [6.07, 6.45) is 6.42. The molecule has 0 bridgehead atoms. The average molecular weight is 407 g/mol. The van der Waals surface area contributed by atoms with Crippen molar-refractivity contribution in [2.45, 2.75) is 59.0 Å². The Labute approximate surface area is 170 Å². The fraction of sp³-hybridized carbons (Fsp3) is 0.696. The van der Waals surface area contributed by atoms with Gasteiger partial charge >= 0.3 is 0 Å². The molecule has 0 unspecified atom stereocenters. The maximum Gasteiger partial charge on any atom is 0.184 e. The van der Waals surface area contributed by atoms with E-state index in [1.807, 2.05) is 20.8 Å². The highest BCUT2D eigenvalue weighted by Gasteiger charge is 2.74. The minimum absolute atomic E-state index is 0.0390. The minimum Gasteiger partial charge on any atom is -0.298 e. The molecule has 0 aliphatic heterocycles. The Hall–Kier alpha value is -1.29. The van der Waals surface area contributed by atoms with E-state index in [9.17, 15) is 14.4 Å². The second-order valence-corrected chi connectivity index (χ2v) is 10.3. The van der Waals surface area contributed by atoms with Crippen molar-refractivity contribution < 1.29 is 18.8 Å². The molecule has 0 aromatic carbocycles. The number of carbonyl (C=O) groups is 3. The highest BCUT2D eigenvalue weighted by atomic mass is 35.5. The lowest BCUT2D eigenvalue weighted by molar-refractivity contribution is -0.172. The Morgan fingerprint density at radius 2 is 1.93 bits per heavy atom. The van der Waals surface area contributed by atoms with Gasteiger partial charge in [0.15, 0.2) is 23.0 Å². The zero-order valence-electron chi connectivity index (χ0n) is 17.0. The summed E-state index contributed by atoms with van der Waals surface area (Å²) < 4.78 is 16.9. The molecule has 3 saturated carbocycles. The largest absolute Gasteiger partial charge is 0.298 e. The van der Waals surface area contributed by atoms with Gasteiger partial charge in [0.2, 0.25) is 0 Å². The molecule has 4 aliphatic rings. The van der Waals surface area contributed by atoms with Gasteiger partial charge in [-0.25, -0.2) is 4.39 Å². The van der Waals surface area contributed by atoms with Crippen molar-refractivity contribution >= 4 is 29.0 Å². The number of ketones is 3. The number of Topliss-reactive ketones (excluding diaryl/α,β-unsaturated/α-hetero) is 2. The minimum atomic E-state index is -2.03. The van der Waals surface area contributed by atoms with Gasteiger partial charge in [-0.3, -0.25) is 14.4 Å². The molecule has 4 aliphatic carbocycles. The third-order valence-electron chi connectivity index (χ3n) is 9.27. The average Bonchev–Trinajstić information content (AvgIpc) is 2.84. The number of alkyl halides is 2. The topological polar surface area (TPSA) is 51.2 Å². The molecule has 0 saturated heterocycles.